The molecular formula is C15H12BrN5O8. The fourth-order valence-corrected chi connectivity index (χ4v) is 2.41. The molecule has 2 aromatic heterocycles. The molecular weight excluding hydrogens is 458 g/mol. The van der Waals surface area contributed by atoms with E-state index in [0.29, 0.717) is 9.46 Å². The van der Waals surface area contributed by atoms with Crippen molar-refractivity contribution in [3.05, 3.63) is 89.0 Å². The smallest absolute Gasteiger partial charge is 0.395 e. The molecule has 0 aliphatic rings. The number of nitro groups is 2. The molecule has 2 rings (SSSR count). The minimum Gasteiger partial charge on any atom is -0.619 e. The van der Waals surface area contributed by atoms with E-state index in [4.69, 9.17) is 6.57 Å². The zero-order chi connectivity index (χ0) is 22.1. The van der Waals surface area contributed by atoms with Crippen molar-refractivity contribution in [3.8, 4) is 0 Å². The average molecular weight is 470 g/mol. The van der Waals surface area contributed by atoms with Crippen LogP contribution < -0.4 is 9.46 Å². The number of nitrogens with zero attached hydrogens (tertiary/aromatic N) is 5. The normalized spacial score (nSPS) is 10.7. The number of carbonyl (C=O) groups is 1. The molecule has 0 fully saturated rings. The summed E-state index contributed by atoms with van der Waals surface area (Å²) < 4.78 is 5.59. The van der Waals surface area contributed by atoms with Gasteiger partial charge in [0.1, 0.15) is 0 Å². The summed E-state index contributed by atoms with van der Waals surface area (Å²) in [6.07, 6.45) is 3.91. The van der Waals surface area contributed by atoms with E-state index in [-0.39, 0.29) is 22.3 Å². The Morgan fingerprint density at radius 3 is 2.14 bits per heavy atom. The summed E-state index contributed by atoms with van der Waals surface area (Å²) in [7, 11) is 0. The first-order valence-electron chi connectivity index (χ1n) is 7.55. The van der Waals surface area contributed by atoms with Crippen LogP contribution in [0.5, 0.6) is 0 Å². The lowest BCUT2D eigenvalue weighted by molar-refractivity contribution is -0.606. The monoisotopic (exact) mass is 469 g/mol. The van der Waals surface area contributed by atoms with Crippen LogP contribution in [-0.2, 0) is 9.53 Å². The highest BCUT2D eigenvalue weighted by Gasteiger charge is 2.37. The zero-order valence-corrected chi connectivity index (χ0v) is 16.2. The van der Waals surface area contributed by atoms with Crippen LogP contribution in [-0.4, -0.2) is 22.4 Å². The molecule has 1 unspecified atom stereocenters. The van der Waals surface area contributed by atoms with E-state index in [1.807, 2.05) is 0 Å². The quantitative estimate of drug-likeness (QED) is 0.159. The summed E-state index contributed by atoms with van der Waals surface area (Å²) in [5.41, 5.74) is -0.848. The van der Waals surface area contributed by atoms with Crippen molar-refractivity contribution in [1.82, 2.24) is 0 Å². The van der Waals surface area contributed by atoms with E-state index in [9.17, 15) is 35.4 Å². The molecule has 0 N–H and O–H groups in total. The number of hydrogen-bond donors (Lipinski definition) is 0. The third-order valence-electron chi connectivity index (χ3n) is 3.13. The van der Waals surface area contributed by atoms with Crippen molar-refractivity contribution >= 4 is 33.3 Å². The predicted molar refractivity (Wildman–Crippen MR) is 97.8 cm³/mol. The minimum atomic E-state index is -1.51. The Kier molecular flexibility index (Phi) is 8.37. The Hall–Kier alpha value is -3.86. The molecule has 152 valence electrons. The van der Waals surface area contributed by atoms with Gasteiger partial charge in [0.2, 0.25) is 6.20 Å². The Bertz CT molecular complexity index is 978. The van der Waals surface area contributed by atoms with Crippen LogP contribution in [0.1, 0.15) is 18.5 Å². The van der Waals surface area contributed by atoms with E-state index >= 15 is 0 Å². The summed E-state index contributed by atoms with van der Waals surface area (Å²) in [6, 6.07) is 0.573. The Balaban J connectivity index is 0.000000326. The van der Waals surface area contributed by atoms with Gasteiger partial charge >= 0.3 is 12.0 Å². The van der Waals surface area contributed by atoms with E-state index in [2.05, 4.69) is 25.5 Å². The molecule has 13 nitrogen and oxygen atoms in total. The fraction of sp³-hybridized carbons (Fsp3) is 0.200. The largest absolute Gasteiger partial charge is 0.619 e. The summed E-state index contributed by atoms with van der Waals surface area (Å²) in [5.74, 6) is -0.915. The molecule has 0 radical (unpaired) electrons. The lowest BCUT2D eigenvalue weighted by atomic mass is 10.1. The topological polar surface area (TPSA) is 171 Å². The van der Waals surface area contributed by atoms with Crippen LogP contribution in [0.15, 0.2) is 41.4 Å². The lowest BCUT2D eigenvalue weighted by Gasteiger charge is -2.05. The summed E-state index contributed by atoms with van der Waals surface area (Å²) in [4.78, 5) is 34.1. The number of pyridine rings is 2. The van der Waals surface area contributed by atoms with Crippen LogP contribution in [0.3, 0.4) is 0 Å². The fourth-order valence-electron chi connectivity index (χ4n) is 1.93. The molecule has 0 saturated heterocycles. The van der Waals surface area contributed by atoms with Crippen LogP contribution in [0.25, 0.3) is 4.85 Å². The Morgan fingerprint density at radius 2 is 1.69 bits per heavy atom. The second kappa shape index (κ2) is 10.5. The van der Waals surface area contributed by atoms with Crippen LogP contribution >= 0.6 is 15.9 Å². The van der Waals surface area contributed by atoms with Crippen molar-refractivity contribution in [2.45, 2.75) is 13.0 Å². The van der Waals surface area contributed by atoms with Gasteiger partial charge in [0, 0.05) is 0 Å². The van der Waals surface area contributed by atoms with Gasteiger partial charge < -0.3 is 15.2 Å². The van der Waals surface area contributed by atoms with E-state index in [1.54, 1.807) is 6.92 Å². The van der Waals surface area contributed by atoms with Crippen LogP contribution in [0.2, 0.25) is 0 Å². The molecule has 29 heavy (non-hydrogen) atoms. The number of esters is 1. The lowest BCUT2D eigenvalue weighted by Crippen LogP contribution is -2.27. The van der Waals surface area contributed by atoms with E-state index < -0.39 is 27.5 Å². The maximum Gasteiger partial charge on any atom is 0.395 e. The zero-order valence-electron chi connectivity index (χ0n) is 14.6. The van der Waals surface area contributed by atoms with Gasteiger partial charge in [-0.05, 0) is 22.9 Å². The standard InChI is InChI=1S/C10H9N3O5.C5H3BrN2O3/c1-3-18-10(14)9(11-2)7-6-12(15)5-4-8(7)13(16)17;6-4-3-7(9)2-1-5(4)8(10)11/h4-6,9H,3H2,1H3;1-3H. The van der Waals surface area contributed by atoms with Crippen LogP contribution in [0, 0.1) is 37.2 Å². The first kappa shape index (κ1) is 23.2. The van der Waals surface area contributed by atoms with Gasteiger partial charge in [-0.3, -0.25) is 25.1 Å². The SMILES string of the molecule is O=[N+]([O-])c1cc[n+]([O-])cc1Br.[C-]#[N+]C(C(=O)OCC)c1c[n+]([O-])ccc1[N+](=O)[O-]. The molecule has 0 bridgehead atoms. The van der Waals surface area contributed by atoms with Gasteiger partial charge in [0.15, 0.2) is 28.6 Å². The number of ether oxygens (including phenoxy) is 1. The van der Waals surface area contributed by atoms with Crippen molar-refractivity contribution in [3.63, 3.8) is 0 Å². The van der Waals surface area contributed by atoms with E-state index in [0.717, 1.165) is 36.9 Å². The third-order valence-corrected chi connectivity index (χ3v) is 3.74. The maximum absolute atomic E-state index is 11.5. The molecule has 2 aromatic rings. The van der Waals surface area contributed by atoms with Gasteiger partial charge in [0.25, 0.3) is 11.4 Å². The van der Waals surface area contributed by atoms with Gasteiger partial charge in [-0.2, -0.15) is 9.46 Å². The van der Waals surface area contributed by atoms with Gasteiger partial charge in [-0.1, -0.05) is 0 Å². The average Bonchev–Trinajstić information content (AvgIpc) is 2.62. The first-order chi connectivity index (χ1) is 13.6. The second-order valence-electron chi connectivity index (χ2n) is 4.98. The maximum atomic E-state index is 11.5. The minimum absolute atomic E-state index is 0.0445. The number of halogens is 1. The van der Waals surface area contributed by atoms with E-state index in [1.165, 1.54) is 0 Å². The summed E-state index contributed by atoms with van der Waals surface area (Å²) in [5, 5.41) is 42.6. The van der Waals surface area contributed by atoms with Crippen molar-refractivity contribution in [2.24, 2.45) is 0 Å². The number of aromatic nitrogens is 2. The molecule has 0 aliphatic carbocycles. The molecule has 0 aliphatic heterocycles. The highest BCUT2D eigenvalue weighted by molar-refractivity contribution is 9.10. The van der Waals surface area contributed by atoms with Gasteiger partial charge in [-0.25, -0.2) is 11.4 Å². The number of carbonyl (C=O) groups excluding carboxylic acids is 1. The molecule has 1 atom stereocenters. The Labute approximate surface area is 171 Å². The second-order valence-corrected chi connectivity index (χ2v) is 5.84. The van der Waals surface area contributed by atoms with Gasteiger partial charge in [-0.15, -0.1) is 0 Å². The number of rotatable bonds is 5. The number of hydrogen-bond acceptors (Lipinski definition) is 8. The highest BCUT2D eigenvalue weighted by Crippen LogP contribution is 2.27. The summed E-state index contributed by atoms with van der Waals surface area (Å²) in [6.45, 7) is 8.50. The van der Waals surface area contributed by atoms with Gasteiger partial charge in [0.05, 0.1) is 28.6 Å². The molecule has 2 heterocycles. The third kappa shape index (κ3) is 6.36. The molecule has 0 saturated carbocycles. The molecule has 0 aromatic carbocycles. The van der Waals surface area contributed by atoms with Crippen molar-refractivity contribution in [2.75, 3.05) is 6.61 Å². The predicted octanol–water partition coefficient (Wildman–Crippen LogP) is 1.74. The molecule has 14 heteroatoms. The Morgan fingerprint density at radius 1 is 1.17 bits per heavy atom. The van der Waals surface area contributed by atoms with Crippen LogP contribution in [0.4, 0.5) is 11.4 Å². The molecule has 0 amide bonds. The summed E-state index contributed by atoms with van der Waals surface area (Å²) >= 11 is 2.89. The van der Waals surface area contributed by atoms with Crippen molar-refractivity contribution in [1.29, 1.82) is 0 Å². The first-order valence-corrected chi connectivity index (χ1v) is 8.34. The highest BCUT2D eigenvalue weighted by atomic mass is 79.9. The molecule has 0 spiro atoms. The van der Waals surface area contributed by atoms with Crippen molar-refractivity contribution < 1.29 is 28.8 Å².